The molecule has 7 nitrogen and oxygen atoms in total. The van der Waals surface area contributed by atoms with Crippen LogP contribution in [0.5, 0.6) is 0 Å². The monoisotopic (exact) mass is 295 g/mol. The van der Waals surface area contributed by atoms with E-state index in [1.807, 2.05) is 32.0 Å². The molecule has 0 bridgehead atoms. The maximum atomic E-state index is 5.89. The molecule has 1 N–H and O–H groups in total. The third-order valence-corrected chi connectivity index (χ3v) is 2.93. The fourth-order valence-electron chi connectivity index (χ4n) is 1.82. The van der Waals surface area contributed by atoms with Gasteiger partial charge in [-0.25, -0.2) is 0 Å². The van der Waals surface area contributed by atoms with Gasteiger partial charge >= 0.3 is 0 Å². The molecule has 0 aromatic carbocycles. The Kier molecular flexibility index (Phi) is 4.39. The molecule has 0 fully saturated rings. The summed E-state index contributed by atoms with van der Waals surface area (Å²) in [6.07, 6.45) is 2.88. The van der Waals surface area contributed by atoms with Crippen LogP contribution >= 0.6 is 11.6 Å². The average molecular weight is 296 g/mol. The second-order valence-electron chi connectivity index (χ2n) is 4.60. The Morgan fingerprint density at radius 2 is 2.05 bits per heavy atom. The summed E-state index contributed by atoms with van der Waals surface area (Å²) in [4.78, 5) is 14.2. The molecule has 2 heterocycles. The van der Waals surface area contributed by atoms with E-state index in [0.717, 1.165) is 17.7 Å². The van der Waals surface area contributed by atoms with Crippen molar-refractivity contribution < 1.29 is 0 Å². The van der Waals surface area contributed by atoms with Gasteiger partial charge in [-0.2, -0.15) is 20.1 Å². The zero-order valence-electron chi connectivity index (χ0n) is 12.1. The van der Waals surface area contributed by atoms with Crippen LogP contribution < -0.4 is 10.2 Å². The standard InChI is InChI=1S/C12H18ClN7/c1-5-9-8(7-20(4)18-9)6-14-11-15-10(13)16-12(17-11)19(2)3/h7H,5-6H2,1-4H3,(H,14,15,16,17). The average Bonchev–Trinajstić information content (AvgIpc) is 2.76. The van der Waals surface area contributed by atoms with Gasteiger partial charge in [-0.1, -0.05) is 6.92 Å². The molecule has 0 aliphatic heterocycles. The Balaban J connectivity index is 2.14. The van der Waals surface area contributed by atoms with Gasteiger partial charge in [0.25, 0.3) is 0 Å². The third-order valence-electron chi connectivity index (χ3n) is 2.76. The molecule has 0 amide bonds. The van der Waals surface area contributed by atoms with Gasteiger partial charge in [0.2, 0.25) is 17.2 Å². The van der Waals surface area contributed by atoms with Crippen LogP contribution in [0, 0.1) is 0 Å². The highest BCUT2D eigenvalue weighted by molar-refractivity contribution is 6.28. The van der Waals surface area contributed by atoms with Gasteiger partial charge in [0.15, 0.2) is 0 Å². The zero-order valence-corrected chi connectivity index (χ0v) is 12.8. The molecule has 0 saturated heterocycles. The molecular weight excluding hydrogens is 278 g/mol. The number of anilines is 2. The van der Waals surface area contributed by atoms with E-state index in [9.17, 15) is 0 Å². The molecule has 2 rings (SSSR count). The Labute approximate surface area is 123 Å². The van der Waals surface area contributed by atoms with E-state index in [1.165, 1.54) is 0 Å². The molecule has 2 aromatic rings. The molecule has 20 heavy (non-hydrogen) atoms. The van der Waals surface area contributed by atoms with Crippen molar-refractivity contribution in [2.75, 3.05) is 24.3 Å². The number of nitrogens with zero attached hydrogens (tertiary/aromatic N) is 6. The van der Waals surface area contributed by atoms with Gasteiger partial charge in [-0.05, 0) is 18.0 Å². The first kappa shape index (κ1) is 14.5. The van der Waals surface area contributed by atoms with Crippen molar-refractivity contribution in [2.24, 2.45) is 7.05 Å². The highest BCUT2D eigenvalue weighted by Crippen LogP contribution is 2.13. The topological polar surface area (TPSA) is 71.8 Å². The number of halogens is 1. The quantitative estimate of drug-likeness (QED) is 0.901. The predicted octanol–water partition coefficient (Wildman–Crippen LogP) is 1.50. The minimum absolute atomic E-state index is 0.174. The van der Waals surface area contributed by atoms with Gasteiger partial charge in [0.1, 0.15) is 0 Å². The lowest BCUT2D eigenvalue weighted by molar-refractivity contribution is 0.746. The molecule has 0 aliphatic rings. The lowest BCUT2D eigenvalue weighted by atomic mass is 10.2. The molecular formula is C12H18ClN7. The van der Waals surface area contributed by atoms with Crippen LogP contribution in [0.4, 0.5) is 11.9 Å². The van der Waals surface area contributed by atoms with E-state index >= 15 is 0 Å². The Morgan fingerprint density at radius 3 is 2.70 bits per heavy atom. The van der Waals surface area contributed by atoms with Crippen molar-refractivity contribution in [3.63, 3.8) is 0 Å². The summed E-state index contributed by atoms with van der Waals surface area (Å²) < 4.78 is 1.81. The van der Waals surface area contributed by atoms with Crippen LogP contribution in [0.25, 0.3) is 0 Å². The van der Waals surface area contributed by atoms with E-state index < -0.39 is 0 Å². The van der Waals surface area contributed by atoms with E-state index in [0.29, 0.717) is 18.4 Å². The van der Waals surface area contributed by atoms with Crippen molar-refractivity contribution in [3.8, 4) is 0 Å². The number of hydrogen-bond acceptors (Lipinski definition) is 6. The van der Waals surface area contributed by atoms with Crippen LogP contribution in [0.3, 0.4) is 0 Å². The Morgan fingerprint density at radius 1 is 1.30 bits per heavy atom. The van der Waals surface area contributed by atoms with E-state index in [-0.39, 0.29) is 5.28 Å². The van der Waals surface area contributed by atoms with Gasteiger partial charge in [-0.3, -0.25) is 4.68 Å². The fraction of sp³-hybridized carbons (Fsp3) is 0.500. The molecule has 0 saturated carbocycles. The summed E-state index contributed by atoms with van der Waals surface area (Å²) in [7, 11) is 5.62. The molecule has 0 spiro atoms. The highest BCUT2D eigenvalue weighted by Gasteiger charge is 2.09. The summed E-state index contributed by atoms with van der Waals surface area (Å²) >= 11 is 5.89. The van der Waals surface area contributed by atoms with E-state index in [1.54, 1.807) is 4.90 Å². The smallest absolute Gasteiger partial charge is 0.230 e. The molecule has 0 atom stereocenters. The van der Waals surface area contributed by atoms with Crippen molar-refractivity contribution in [2.45, 2.75) is 19.9 Å². The first-order chi connectivity index (χ1) is 9.49. The summed E-state index contributed by atoms with van der Waals surface area (Å²) in [5, 5.41) is 7.73. The Hall–Kier alpha value is -1.89. The van der Waals surface area contributed by atoms with Crippen LogP contribution in [0.15, 0.2) is 6.20 Å². The van der Waals surface area contributed by atoms with E-state index in [4.69, 9.17) is 11.6 Å². The first-order valence-corrected chi connectivity index (χ1v) is 6.71. The number of aryl methyl sites for hydroxylation is 2. The van der Waals surface area contributed by atoms with Crippen molar-refractivity contribution in [1.29, 1.82) is 0 Å². The zero-order chi connectivity index (χ0) is 14.7. The Bertz CT molecular complexity index is 593. The summed E-state index contributed by atoms with van der Waals surface area (Å²) in [5.41, 5.74) is 2.19. The lowest BCUT2D eigenvalue weighted by Gasteiger charge is -2.11. The van der Waals surface area contributed by atoms with Crippen LogP contribution in [-0.4, -0.2) is 38.8 Å². The van der Waals surface area contributed by atoms with Crippen LogP contribution in [-0.2, 0) is 20.0 Å². The molecule has 8 heteroatoms. The largest absolute Gasteiger partial charge is 0.350 e. The maximum Gasteiger partial charge on any atom is 0.230 e. The van der Waals surface area contributed by atoms with Gasteiger partial charge in [0.05, 0.1) is 5.69 Å². The van der Waals surface area contributed by atoms with Crippen LogP contribution in [0.2, 0.25) is 5.28 Å². The second kappa shape index (κ2) is 6.04. The normalized spacial score (nSPS) is 10.7. The maximum absolute atomic E-state index is 5.89. The summed E-state index contributed by atoms with van der Waals surface area (Å²) in [5.74, 6) is 0.981. The molecule has 0 aliphatic carbocycles. The lowest BCUT2D eigenvalue weighted by Crippen LogP contribution is -2.15. The minimum Gasteiger partial charge on any atom is -0.350 e. The SMILES string of the molecule is CCc1nn(C)cc1CNc1nc(Cl)nc(N(C)C)n1. The second-order valence-corrected chi connectivity index (χ2v) is 4.94. The number of aromatic nitrogens is 5. The summed E-state index contributed by atoms with van der Waals surface area (Å²) in [6.45, 7) is 2.68. The number of nitrogens with one attached hydrogen (secondary N) is 1. The predicted molar refractivity (Wildman–Crippen MR) is 79.1 cm³/mol. The summed E-state index contributed by atoms with van der Waals surface area (Å²) in [6, 6.07) is 0. The van der Waals surface area contributed by atoms with Crippen molar-refractivity contribution in [3.05, 3.63) is 22.7 Å². The fourth-order valence-corrected chi connectivity index (χ4v) is 1.98. The molecule has 0 radical (unpaired) electrons. The number of rotatable bonds is 5. The van der Waals surface area contributed by atoms with Gasteiger partial charge in [0, 0.05) is 39.4 Å². The minimum atomic E-state index is 0.174. The van der Waals surface area contributed by atoms with Crippen LogP contribution in [0.1, 0.15) is 18.2 Å². The van der Waals surface area contributed by atoms with Gasteiger partial charge < -0.3 is 10.2 Å². The van der Waals surface area contributed by atoms with E-state index in [2.05, 4.69) is 32.3 Å². The van der Waals surface area contributed by atoms with Gasteiger partial charge in [-0.15, -0.1) is 0 Å². The van der Waals surface area contributed by atoms with Crippen molar-refractivity contribution >= 4 is 23.5 Å². The highest BCUT2D eigenvalue weighted by atomic mass is 35.5. The first-order valence-electron chi connectivity index (χ1n) is 6.33. The number of hydrogen-bond donors (Lipinski definition) is 1. The molecule has 108 valence electrons. The molecule has 2 aromatic heterocycles. The third kappa shape index (κ3) is 3.36. The van der Waals surface area contributed by atoms with Crippen molar-refractivity contribution in [1.82, 2.24) is 24.7 Å². The molecule has 0 unspecified atom stereocenters.